The van der Waals surface area contributed by atoms with E-state index in [4.69, 9.17) is 0 Å². The predicted octanol–water partition coefficient (Wildman–Crippen LogP) is 1.36. The van der Waals surface area contributed by atoms with Gasteiger partial charge >= 0.3 is 0 Å². The van der Waals surface area contributed by atoms with E-state index in [0.717, 1.165) is 30.7 Å². The van der Waals surface area contributed by atoms with Gasteiger partial charge in [0.25, 0.3) is 0 Å². The number of nitrogens with one attached hydrogen (secondary N) is 2. The van der Waals surface area contributed by atoms with Gasteiger partial charge in [-0.25, -0.2) is 14.7 Å². The summed E-state index contributed by atoms with van der Waals surface area (Å²) in [6, 6.07) is 1.49. The van der Waals surface area contributed by atoms with Gasteiger partial charge in [-0.1, -0.05) is 0 Å². The summed E-state index contributed by atoms with van der Waals surface area (Å²) in [5, 5.41) is 2.81. The standard InChI is InChI=1S/C15H22N4O3S/c1-9-7-10(2)17-14(16-9)18-13(20)15-5-3-11(4-6-15)8-12(15)19-23(21)22/h7,11-12,19H,3-6,8H2,1-2H3,(H,21,22)(H,16,17,18,20)/p-1. The van der Waals surface area contributed by atoms with E-state index in [2.05, 4.69) is 20.0 Å². The summed E-state index contributed by atoms with van der Waals surface area (Å²) in [6.45, 7) is 3.69. The third-order valence-corrected chi connectivity index (χ3v) is 5.61. The van der Waals surface area contributed by atoms with Gasteiger partial charge in [-0.15, -0.1) is 0 Å². The Hall–Kier alpha value is -1.38. The first-order valence-corrected chi connectivity index (χ1v) is 8.96. The Morgan fingerprint density at radius 1 is 1.30 bits per heavy atom. The molecule has 2 N–H and O–H groups in total. The molecule has 2 bridgehead atoms. The van der Waals surface area contributed by atoms with Crippen LogP contribution in [0.15, 0.2) is 6.07 Å². The SMILES string of the molecule is Cc1cc(C)nc(NC(=O)C23CCC(CC2)CC3NS(=O)[O-])n1. The molecule has 3 aliphatic rings. The smallest absolute Gasteiger partial charge is 0.234 e. The van der Waals surface area contributed by atoms with Crippen molar-refractivity contribution in [2.75, 3.05) is 5.32 Å². The molecule has 1 heterocycles. The van der Waals surface area contributed by atoms with Crippen LogP contribution in [-0.2, 0) is 16.1 Å². The molecule has 3 saturated carbocycles. The zero-order valence-electron chi connectivity index (χ0n) is 13.3. The minimum atomic E-state index is -2.37. The van der Waals surface area contributed by atoms with Crippen molar-refractivity contribution in [3.8, 4) is 0 Å². The van der Waals surface area contributed by atoms with Crippen LogP contribution in [0, 0.1) is 25.2 Å². The second kappa shape index (κ2) is 6.26. The maximum absolute atomic E-state index is 12.9. The summed E-state index contributed by atoms with van der Waals surface area (Å²) in [6.07, 6.45) is 4.04. The minimum Gasteiger partial charge on any atom is -0.760 e. The first-order valence-electron chi connectivity index (χ1n) is 7.88. The number of carbonyl (C=O) groups excluding carboxylic acids is 1. The molecule has 1 aromatic heterocycles. The first-order chi connectivity index (χ1) is 10.9. The molecule has 8 heteroatoms. The number of hydrogen-bond donors (Lipinski definition) is 2. The average Bonchev–Trinajstić information content (AvgIpc) is 2.46. The van der Waals surface area contributed by atoms with Crippen LogP contribution in [0.25, 0.3) is 0 Å². The molecular formula is C15H21N4O3S-. The number of anilines is 1. The van der Waals surface area contributed by atoms with Gasteiger partial charge in [0, 0.05) is 28.7 Å². The van der Waals surface area contributed by atoms with Crippen LogP contribution in [0.3, 0.4) is 0 Å². The third kappa shape index (κ3) is 3.29. The number of hydrogen-bond acceptors (Lipinski definition) is 5. The fourth-order valence-electron chi connectivity index (χ4n) is 4.01. The molecule has 0 radical (unpaired) electrons. The molecule has 1 amide bonds. The Morgan fingerprint density at radius 3 is 2.48 bits per heavy atom. The Bertz CT molecular complexity index is 623. The third-order valence-electron chi connectivity index (χ3n) is 5.13. The van der Waals surface area contributed by atoms with Gasteiger partial charge in [0.2, 0.25) is 11.9 Å². The number of nitrogens with zero attached hydrogens (tertiary/aromatic N) is 2. The van der Waals surface area contributed by atoms with Crippen molar-refractivity contribution in [2.24, 2.45) is 11.3 Å². The molecule has 3 fully saturated rings. The highest BCUT2D eigenvalue weighted by molar-refractivity contribution is 7.77. The molecule has 0 aliphatic heterocycles. The summed E-state index contributed by atoms with van der Waals surface area (Å²) in [5.74, 6) is 0.614. The molecule has 3 aliphatic carbocycles. The summed E-state index contributed by atoms with van der Waals surface area (Å²) in [7, 11) is 0. The van der Waals surface area contributed by atoms with E-state index in [1.165, 1.54) is 0 Å². The van der Waals surface area contributed by atoms with Crippen LogP contribution in [0.1, 0.15) is 43.5 Å². The van der Waals surface area contributed by atoms with Crippen LogP contribution in [0.5, 0.6) is 0 Å². The summed E-state index contributed by atoms with van der Waals surface area (Å²) in [5.41, 5.74) is 0.872. The maximum atomic E-state index is 12.9. The van der Waals surface area contributed by atoms with Crippen LogP contribution >= 0.6 is 0 Å². The van der Waals surface area contributed by atoms with E-state index in [1.807, 2.05) is 19.9 Å². The topological polar surface area (TPSA) is 107 Å². The van der Waals surface area contributed by atoms with Crippen LogP contribution in [0.4, 0.5) is 5.95 Å². The Balaban J connectivity index is 1.84. The lowest BCUT2D eigenvalue weighted by molar-refractivity contribution is -0.133. The summed E-state index contributed by atoms with van der Waals surface area (Å²) < 4.78 is 24.7. The quantitative estimate of drug-likeness (QED) is 0.807. The van der Waals surface area contributed by atoms with Crippen molar-refractivity contribution in [2.45, 2.75) is 52.0 Å². The van der Waals surface area contributed by atoms with E-state index in [0.29, 0.717) is 18.8 Å². The molecule has 4 rings (SSSR count). The van der Waals surface area contributed by atoms with Gasteiger partial charge in [-0.3, -0.25) is 14.3 Å². The Kier molecular flexibility index (Phi) is 4.48. The number of aromatic nitrogens is 2. The number of fused-ring (bicyclic) bond motifs is 3. The van der Waals surface area contributed by atoms with Crippen LogP contribution in [-0.4, -0.2) is 30.7 Å². The summed E-state index contributed by atoms with van der Waals surface area (Å²) in [4.78, 5) is 21.4. The van der Waals surface area contributed by atoms with Gasteiger partial charge in [0.15, 0.2) is 0 Å². The molecule has 0 saturated heterocycles. The van der Waals surface area contributed by atoms with Crippen LogP contribution in [0.2, 0.25) is 0 Å². The molecule has 1 aromatic rings. The van der Waals surface area contributed by atoms with Gasteiger partial charge in [0.1, 0.15) is 0 Å². The lowest BCUT2D eigenvalue weighted by Crippen LogP contribution is -2.58. The van der Waals surface area contributed by atoms with E-state index >= 15 is 0 Å². The minimum absolute atomic E-state index is 0.177. The fraction of sp³-hybridized carbons (Fsp3) is 0.667. The zero-order valence-corrected chi connectivity index (χ0v) is 14.1. The largest absolute Gasteiger partial charge is 0.760 e. The molecular weight excluding hydrogens is 316 g/mol. The van der Waals surface area contributed by atoms with E-state index in [9.17, 15) is 13.6 Å². The van der Waals surface area contributed by atoms with Crippen molar-refractivity contribution < 1.29 is 13.6 Å². The highest BCUT2D eigenvalue weighted by Gasteiger charge is 2.52. The van der Waals surface area contributed by atoms with E-state index in [1.54, 1.807) is 0 Å². The maximum Gasteiger partial charge on any atom is 0.234 e. The number of rotatable bonds is 4. The van der Waals surface area contributed by atoms with E-state index < -0.39 is 16.7 Å². The second-order valence-corrected chi connectivity index (χ2v) is 7.37. The highest BCUT2D eigenvalue weighted by Crippen LogP contribution is 2.50. The van der Waals surface area contributed by atoms with Crippen molar-refractivity contribution in [3.05, 3.63) is 17.5 Å². The second-order valence-electron chi connectivity index (χ2n) is 6.67. The van der Waals surface area contributed by atoms with Crippen molar-refractivity contribution in [1.29, 1.82) is 0 Å². The number of aryl methyl sites for hydroxylation is 2. The van der Waals surface area contributed by atoms with Crippen molar-refractivity contribution >= 4 is 23.1 Å². The summed E-state index contributed by atoms with van der Waals surface area (Å²) >= 11 is -2.37. The molecule has 126 valence electrons. The Labute approximate surface area is 138 Å². The predicted molar refractivity (Wildman–Crippen MR) is 85.0 cm³/mol. The lowest BCUT2D eigenvalue weighted by Gasteiger charge is -2.51. The molecule has 2 atom stereocenters. The van der Waals surface area contributed by atoms with Gasteiger partial charge < -0.3 is 4.55 Å². The molecule has 0 aromatic carbocycles. The monoisotopic (exact) mass is 337 g/mol. The van der Waals surface area contributed by atoms with E-state index in [-0.39, 0.29) is 17.9 Å². The first kappa shape index (κ1) is 16.5. The fourth-order valence-corrected chi connectivity index (χ4v) is 4.56. The molecule has 0 spiro atoms. The lowest BCUT2D eigenvalue weighted by atomic mass is 9.57. The van der Waals surface area contributed by atoms with Gasteiger partial charge in [0.05, 0.1) is 5.41 Å². The van der Waals surface area contributed by atoms with Gasteiger partial charge in [-0.2, -0.15) is 0 Å². The Morgan fingerprint density at radius 2 is 1.91 bits per heavy atom. The van der Waals surface area contributed by atoms with Crippen molar-refractivity contribution in [3.63, 3.8) is 0 Å². The number of amides is 1. The van der Waals surface area contributed by atoms with Crippen molar-refractivity contribution in [1.82, 2.24) is 14.7 Å². The molecule has 7 nitrogen and oxygen atoms in total. The van der Waals surface area contributed by atoms with Gasteiger partial charge in [-0.05, 0) is 57.9 Å². The molecule has 2 unspecified atom stereocenters. The zero-order chi connectivity index (χ0) is 16.6. The number of carbonyl (C=O) groups is 1. The average molecular weight is 337 g/mol. The highest BCUT2D eigenvalue weighted by atomic mass is 32.2. The normalized spacial score (nSPS) is 30.9. The molecule has 23 heavy (non-hydrogen) atoms. The van der Waals surface area contributed by atoms with Crippen LogP contribution < -0.4 is 10.0 Å².